The summed E-state index contributed by atoms with van der Waals surface area (Å²) in [5, 5.41) is 0. The first-order valence-electron chi connectivity index (χ1n) is 7.49. The lowest BCUT2D eigenvalue weighted by molar-refractivity contribution is 0.288. The standard InChI is InChI=1S/C17H25N3S/c1-13(2)10-15(12-19(3)4)20-16(11-18-17(20)21)14-8-6-5-7-9-14/h5-9,11,13,15H,10,12H2,1-4H3,(H,18,21). The number of benzene rings is 1. The van der Waals surface area contributed by atoms with Crippen LogP contribution in [0.25, 0.3) is 11.3 Å². The SMILES string of the molecule is CC(C)CC(CN(C)C)n1c(-c2ccccc2)c[nH]c1=S. The molecule has 0 radical (unpaired) electrons. The van der Waals surface area contributed by atoms with Gasteiger partial charge in [0.15, 0.2) is 4.77 Å². The Hall–Kier alpha value is -1.39. The van der Waals surface area contributed by atoms with E-state index in [0.717, 1.165) is 17.7 Å². The predicted octanol–water partition coefficient (Wildman–Crippen LogP) is 4.36. The molecule has 1 atom stereocenters. The zero-order valence-electron chi connectivity index (χ0n) is 13.3. The van der Waals surface area contributed by atoms with Crippen LogP contribution >= 0.6 is 12.2 Å². The molecule has 1 unspecified atom stereocenters. The summed E-state index contributed by atoms with van der Waals surface area (Å²) in [6.07, 6.45) is 3.14. The molecule has 1 heterocycles. The zero-order chi connectivity index (χ0) is 15.4. The second-order valence-corrected chi connectivity index (χ2v) is 6.65. The maximum absolute atomic E-state index is 5.54. The van der Waals surface area contributed by atoms with E-state index in [0.29, 0.717) is 12.0 Å². The van der Waals surface area contributed by atoms with Crippen LogP contribution in [0.15, 0.2) is 36.5 Å². The van der Waals surface area contributed by atoms with Gasteiger partial charge in [-0.3, -0.25) is 0 Å². The molecule has 0 fully saturated rings. The van der Waals surface area contributed by atoms with Gasteiger partial charge < -0.3 is 14.5 Å². The lowest BCUT2D eigenvalue weighted by Gasteiger charge is -2.26. The number of nitrogens with zero attached hydrogens (tertiary/aromatic N) is 2. The van der Waals surface area contributed by atoms with E-state index < -0.39 is 0 Å². The highest BCUT2D eigenvalue weighted by atomic mass is 32.1. The molecule has 1 aromatic carbocycles. The Balaban J connectivity index is 2.45. The Labute approximate surface area is 132 Å². The summed E-state index contributed by atoms with van der Waals surface area (Å²) in [6.45, 7) is 5.52. The predicted molar refractivity (Wildman–Crippen MR) is 92.1 cm³/mol. The van der Waals surface area contributed by atoms with Crippen LogP contribution in [0, 0.1) is 10.7 Å². The average molecular weight is 303 g/mol. The van der Waals surface area contributed by atoms with Crippen molar-refractivity contribution in [3.8, 4) is 11.3 Å². The number of H-pyrrole nitrogens is 1. The Morgan fingerprint density at radius 2 is 1.86 bits per heavy atom. The lowest BCUT2D eigenvalue weighted by Crippen LogP contribution is -2.26. The zero-order valence-corrected chi connectivity index (χ0v) is 14.2. The van der Waals surface area contributed by atoms with Crippen molar-refractivity contribution >= 4 is 12.2 Å². The molecule has 1 N–H and O–H groups in total. The highest BCUT2D eigenvalue weighted by Gasteiger charge is 2.18. The van der Waals surface area contributed by atoms with Crippen molar-refractivity contribution in [2.24, 2.45) is 5.92 Å². The van der Waals surface area contributed by atoms with Gasteiger partial charge in [-0.2, -0.15) is 0 Å². The molecule has 0 amide bonds. The number of hydrogen-bond donors (Lipinski definition) is 1. The molecule has 1 aromatic heterocycles. The summed E-state index contributed by atoms with van der Waals surface area (Å²) in [4.78, 5) is 5.45. The maximum Gasteiger partial charge on any atom is 0.177 e. The van der Waals surface area contributed by atoms with E-state index in [1.807, 2.05) is 12.3 Å². The molecule has 0 aliphatic carbocycles. The van der Waals surface area contributed by atoms with E-state index >= 15 is 0 Å². The molecule has 114 valence electrons. The molecule has 21 heavy (non-hydrogen) atoms. The number of aromatic nitrogens is 2. The molecule has 0 saturated heterocycles. The van der Waals surface area contributed by atoms with E-state index in [1.165, 1.54) is 11.3 Å². The third kappa shape index (κ3) is 4.05. The molecule has 2 rings (SSSR count). The number of hydrogen-bond acceptors (Lipinski definition) is 2. The highest BCUT2D eigenvalue weighted by molar-refractivity contribution is 7.71. The van der Waals surface area contributed by atoms with Crippen molar-refractivity contribution in [3.63, 3.8) is 0 Å². The normalized spacial score (nSPS) is 13.0. The fourth-order valence-electron chi connectivity index (χ4n) is 2.80. The van der Waals surface area contributed by atoms with Crippen molar-refractivity contribution in [1.82, 2.24) is 14.5 Å². The fraction of sp³-hybridized carbons (Fsp3) is 0.471. The monoisotopic (exact) mass is 303 g/mol. The fourth-order valence-corrected chi connectivity index (χ4v) is 3.11. The van der Waals surface area contributed by atoms with Crippen LogP contribution in [0.2, 0.25) is 0 Å². The van der Waals surface area contributed by atoms with E-state index in [9.17, 15) is 0 Å². The van der Waals surface area contributed by atoms with Crippen LogP contribution in [0.4, 0.5) is 0 Å². The molecule has 2 aromatic rings. The summed E-state index contributed by atoms with van der Waals surface area (Å²) in [5.41, 5.74) is 2.38. The van der Waals surface area contributed by atoms with Crippen LogP contribution in [0.1, 0.15) is 26.3 Å². The molecule has 0 saturated carbocycles. The second-order valence-electron chi connectivity index (χ2n) is 6.26. The molecule has 0 spiro atoms. The average Bonchev–Trinajstić information content (AvgIpc) is 2.80. The van der Waals surface area contributed by atoms with Crippen LogP contribution in [0.3, 0.4) is 0 Å². The van der Waals surface area contributed by atoms with Crippen LogP contribution in [0.5, 0.6) is 0 Å². The first-order valence-corrected chi connectivity index (χ1v) is 7.90. The van der Waals surface area contributed by atoms with Crippen molar-refractivity contribution in [3.05, 3.63) is 41.3 Å². The lowest BCUT2D eigenvalue weighted by atomic mass is 10.0. The van der Waals surface area contributed by atoms with Crippen LogP contribution in [-0.2, 0) is 0 Å². The molecule has 0 bridgehead atoms. The topological polar surface area (TPSA) is 24.0 Å². The number of likely N-dealkylation sites (N-methyl/N-ethyl adjacent to an activating group) is 1. The summed E-state index contributed by atoms with van der Waals surface area (Å²) in [7, 11) is 4.23. The van der Waals surface area contributed by atoms with Crippen molar-refractivity contribution < 1.29 is 0 Å². The first kappa shape index (κ1) is 16.0. The van der Waals surface area contributed by atoms with E-state index in [4.69, 9.17) is 12.2 Å². The van der Waals surface area contributed by atoms with Gasteiger partial charge in [-0.15, -0.1) is 0 Å². The quantitative estimate of drug-likeness (QED) is 0.802. The minimum atomic E-state index is 0.383. The Kier molecular flexibility index (Phi) is 5.37. The first-order chi connectivity index (χ1) is 9.99. The minimum Gasteiger partial charge on any atom is -0.337 e. The van der Waals surface area contributed by atoms with E-state index in [1.54, 1.807) is 0 Å². The van der Waals surface area contributed by atoms with Crippen LogP contribution < -0.4 is 0 Å². The van der Waals surface area contributed by atoms with Gasteiger partial charge in [0.25, 0.3) is 0 Å². The number of imidazole rings is 1. The molecular weight excluding hydrogens is 278 g/mol. The van der Waals surface area contributed by atoms with Crippen molar-refractivity contribution in [1.29, 1.82) is 0 Å². The maximum atomic E-state index is 5.54. The van der Waals surface area contributed by atoms with Crippen molar-refractivity contribution in [2.75, 3.05) is 20.6 Å². The van der Waals surface area contributed by atoms with Crippen molar-refractivity contribution in [2.45, 2.75) is 26.3 Å². The van der Waals surface area contributed by atoms with Crippen LogP contribution in [-0.4, -0.2) is 35.1 Å². The smallest absolute Gasteiger partial charge is 0.177 e. The third-order valence-electron chi connectivity index (χ3n) is 3.56. The Bertz CT molecular complexity index is 600. The van der Waals surface area contributed by atoms with E-state index in [2.05, 4.69) is 66.7 Å². The van der Waals surface area contributed by atoms with Gasteiger partial charge in [0.05, 0.1) is 5.69 Å². The third-order valence-corrected chi connectivity index (χ3v) is 3.88. The summed E-state index contributed by atoms with van der Waals surface area (Å²) >= 11 is 5.54. The molecule has 3 nitrogen and oxygen atoms in total. The van der Waals surface area contributed by atoms with Gasteiger partial charge in [0, 0.05) is 18.8 Å². The molecule has 0 aliphatic heterocycles. The van der Waals surface area contributed by atoms with E-state index in [-0.39, 0.29) is 0 Å². The van der Waals surface area contributed by atoms with Gasteiger partial charge in [-0.25, -0.2) is 0 Å². The number of nitrogens with one attached hydrogen (secondary N) is 1. The summed E-state index contributed by atoms with van der Waals surface area (Å²) in [6, 6.07) is 10.8. The summed E-state index contributed by atoms with van der Waals surface area (Å²) < 4.78 is 3.09. The second kappa shape index (κ2) is 7.05. The Morgan fingerprint density at radius 1 is 1.19 bits per heavy atom. The van der Waals surface area contributed by atoms with Gasteiger partial charge in [0.1, 0.15) is 0 Å². The summed E-state index contributed by atoms with van der Waals surface area (Å²) in [5.74, 6) is 0.635. The highest BCUT2D eigenvalue weighted by Crippen LogP contribution is 2.27. The minimum absolute atomic E-state index is 0.383. The number of rotatable bonds is 6. The van der Waals surface area contributed by atoms with Gasteiger partial charge in [-0.05, 0) is 44.2 Å². The van der Waals surface area contributed by atoms with Gasteiger partial charge in [0.2, 0.25) is 0 Å². The largest absolute Gasteiger partial charge is 0.337 e. The Morgan fingerprint density at radius 3 is 2.43 bits per heavy atom. The van der Waals surface area contributed by atoms with Gasteiger partial charge in [-0.1, -0.05) is 44.2 Å². The van der Waals surface area contributed by atoms with Gasteiger partial charge >= 0.3 is 0 Å². The molecule has 4 heteroatoms. The number of aromatic amines is 1. The molecule has 0 aliphatic rings. The molecular formula is C17H25N3S.